The number of nitriles is 5. The fourth-order valence-electron chi connectivity index (χ4n) is 18.8. The number of pyridine rings is 5. The van der Waals surface area contributed by atoms with Crippen LogP contribution in [0.4, 0.5) is 42.8 Å². The molecule has 5 aromatic heterocycles. The highest BCUT2D eigenvalue weighted by atomic mass is 16.5. The molecule has 3 atom stereocenters. The minimum atomic E-state index is -0.515. The average Bonchev–Trinajstić information content (AvgIpc) is 1.26. The van der Waals surface area contributed by atoms with E-state index in [1.165, 1.54) is 0 Å². The standard InChI is InChI=1S/C27H28N4O2.C23H23N5O.C22H20N4O.C21H19N5O.C20H19N5O/c28-16-19-3-1-4-20(13-19)23-14-21-6-9-29-17-25(21)26(15-23)30-24-7-10-31(11-8-24)27(32)22-5-2-12-33-18-22;24-13-17-2-1-3-18(10-17)20-11-19-4-7-26-15-21(19)22(12-20)27-14-16-5-8-28(9-6-16)23(25)29;1-15(27)26-8-6-20(14-26)25-22-11-19(10-18-5-7-24-13-21(18)22)17-4-2-3-16(9-17)12-23;22-11-14-2-1-3-15(8-14)17-9-16-4-6-24-12-19(16)20(10-17)25-18-5-7-26(13-18)21(23)27;21-12-14-3-1-4-15(9-14)17-10-16-5-8-23-13-18(16)19(11-17)24-6-2-7-25-20(22)26/h1,3-4,6,9,13-15,17,22,24,30H,2,5,7-8,10-12,18H2;1-4,7,10-12,15-16,27H,5-6,8-9,14H2,(H2,25,29);2-5,7,9-11,13,20,25H,6,8,14H2,1H3;1-4,6,8-10,12,18,25H,5,7,13H2,(H2,23,27);1,3-5,8-11,13,24H,2,6-7H2,(H3,22,25,26)/t;;20-;;/m..0../s1. The van der Waals surface area contributed by atoms with Crippen molar-refractivity contribution in [2.24, 2.45) is 29.0 Å². The Morgan fingerprint density at radius 2 is 0.697 bits per heavy atom. The van der Waals surface area contributed by atoms with Gasteiger partial charge in [-0.25, -0.2) is 14.4 Å². The Morgan fingerprint density at radius 3 is 1.04 bits per heavy atom. The van der Waals surface area contributed by atoms with Crippen LogP contribution in [0.1, 0.15) is 92.5 Å². The SMILES string of the molecule is CC(=O)N1CC[C@H](Nc2cc(-c3cccc(C#N)c3)cc3ccncc23)C1.N#Cc1cccc(-c2cc(NC3CCN(C(=O)C4CCCOC4)CC3)c3cnccc3c2)c1.N#Cc1cccc(-c2cc(NC3CCN(C(N)=O)C3)c3cnccc3c2)c1.N#Cc1cccc(-c2cc(NCC3CCN(C(N)=O)CC3)c3cnccc3c2)c1.N#Cc1cccc(-c2cc(NCCCNC(N)=O)c3cnccc3c2)c1. The van der Waals surface area contributed by atoms with Gasteiger partial charge < -0.3 is 73.4 Å². The number of fused-ring (bicyclic) bond motifs is 5. The first-order valence-corrected chi connectivity index (χ1v) is 47.7. The number of anilines is 5. The van der Waals surface area contributed by atoms with Gasteiger partial charge in [-0.15, -0.1) is 0 Å². The molecule has 0 aliphatic carbocycles. The zero-order valence-corrected chi connectivity index (χ0v) is 78.9. The monoisotopic (exact) mass is 1880 g/mol. The molecular weight excluding hydrogens is 1780 g/mol. The van der Waals surface area contributed by atoms with Crippen LogP contribution in [-0.4, -0.2) is 178 Å². The summed E-state index contributed by atoms with van der Waals surface area (Å²) >= 11 is 0. The van der Waals surface area contributed by atoms with Crippen LogP contribution < -0.4 is 49.1 Å². The normalized spacial score (nSPS) is 15.5. The van der Waals surface area contributed by atoms with Crippen LogP contribution in [0.15, 0.2) is 274 Å². The van der Waals surface area contributed by atoms with E-state index in [1.54, 1.807) is 59.8 Å². The number of carbonyl (C=O) groups is 5. The maximum atomic E-state index is 12.8. The van der Waals surface area contributed by atoms with Gasteiger partial charge in [0.1, 0.15) is 0 Å². The molecule has 0 spiro atoms. The predicted molar refractivity (Wildman–Crippen MR) is 557 cm³/mol. The van der Waals surface area contributed by atoms with E-state index in [-0.39, 0.29) is 41.9 Å². The second-order valence-corrected chi connectivity index (χ2v) is 36.0. The summed E-state index contributed by atoms with van der Waals surface area (Å²) in [6.45, 7) is 10.7. The molecule has 8 amide bonds. The Hall–Kier alpha value is -17.6. The number of piperidine rings is 2. The first-order valence-electron chi connectivity index (χ1n) is 47.7. The van der Waals surface area contributed by atoms with Crippen LogP contribution in [0.25, 0.3) is 109 Å². The second-order valence-electron chi connectivity index (χ2n) is 36.0. The minimum Gasteiger partial charge on any atom is -0.384 e. The van der Waals surface area contributed by atoms with Gasteiger partial charge in [-0.05, 0) is 298 Å². The highest BCUT2D eigenvalue weighted by Crippen LogP contribution is 2.40. The molecule has 5 fully saturated rings. The van der Waals surface area contributed by atoms with Crippen LogP contribution in [0.3, 0.4) is 0 Å². The zero-order chi connectivity index (χ0) is 98.8. The van der Waals surface area contributed by atoms with E-state index in [0.717, 1.165) is 229 Å². The van der Waals surface area contributed by atoms with Crippen molar-refractivity contribution in [3.63, 3.8) is 0 Å². The fourth-order valence-corrected chi connectivity index (χ4v) is 18.8. The van der Waals surface area contributed by atoms with Gasteiger partial charge in [0.05, 0.1) is 70.7 Å². The molecule has 15 aromatic rings. The number of likely N-dealkylation sites (tertiary alicyclic amines) is 4. The predicted octanol–water partition coefficient (Wildman–Crippen LogP) is 19.0. The van der Waals surface area contributed by atoms with E-state index < -0.39 is 6.03 Å². The lowest BCUT2D eigenvalue weighted by Crippen LogP contribution is -2.46. The van der Waals surface area contributed by atoms with Crippen molar-refractivity contribution in [3.8, 4) is 86.0 Å². The highest BCUT2D eigenvalue weighted by Gasteiger charge is 2.32. The topological polar surface area (TPSA) is 441 Å². The number of rotatable bonds is 20. The summed E-state index contributed by atoms with van der Waals surface area (Å²) in [6, 6.07) is 79.6. The Kier molecular flexibility index (Phi) is 32.3. The van der Waals surface area contributed by atoms with E-state index >= 15 is 0 Å². The Labute approximate surface area is 824 Å². The second kappa shape index (κ2) is 47.0. The summed E-state index contributed by atoms with van der Waals surface area (Å²) in [5.41, 5.74) is 34.3. The summed E-state index contributed by atoms with van der Waals surface area (Å²) in [5, 5.41) is 77.2. The maximum Gasteiger partial charge on any atom is 0.314 e. The number of hydrogen-bond donors (Lipinski definition) is 9. The molecule has 29 heteroatoms. The smallest absolute Gasteiger partial charge is 0.314 e. The van der Waals surface area contributed by atoms with Crippen LogP contribution in [-0.2, 0) is 14.3 Å². The molecule has 142 heavy (non-hydrogen) atoms. The van der Waals surface area contributed by atoms with E-state index in [0.29, 0.717) is 92.2 Å². The molecular formula is C113H109N23O6. The van der Waals surface area contributed by atoms with Crippen molar-refractivity contribution in [1.29, 1.82) is 26.3 Å². The van der Waals surface area contributed by atoms with Crippen molar-refractivity contribution in [2.45, 2.75) is 82.8 Å². The summed E-state index contributed by atoms with van der Waals surface area (Å²) in [4.78, 5) is 86.5. The van der Waals surface area contributed by atoms with Crippen molar-refractivity contribution >= 4 is 112 Å². The van der Waals surface area contributed by atoms with E-state index in [1.807, 2.05) is 180 Å². The number of benzene rings is 10. The van der Waals surface area contributed by atoms with Gasteiger partial charge >= 0.3 is 18.1 Å². The number of nitrogens with two attached hydrogens (primary N) is 3. The summed E-state index contributed by atoms with van der Waals surface area (Å²) < 4.78 is 5.51. The maximum absolute atomic E-state index is 12.8. The van der Waals surface area contributed by atoms with Crippen molar-refractivity contribution in [2.75, 3.05) is 112 Å². The van der Waals surface area contributed by atoms with E-state index in [9.17, 15) is 45.0 Å². The first kappa shape index (κ1) is 97.5. The fraction of sp³-hybridized carbons (Fsp3) is 0.248. The largest absolute Gasteiger partial charge is 0.384 e. The number of nitrogens with one attached hydrogen (secondary N) is 6. The van der Waals surface area contributed by atoms with Crippen LogP contribution in [0.2, 0.25) is 0 Å². The molecule has 2 unspecified atom stereocenters. The molecule has 0 bridgehead atoms. The van der Waals surface area contributed by atoms with Crippen LogP contribution >= 0.6 is 0 Å². The number of ether oxygens (including phenoxy) is 1. The highest BCUT2D eigenvalue weighted by molar-refractivity contribution is 6.02. The molecule has 12 N–H and O–H groups in total. The molecule has 712 valence electrons. The Morgan fingerprint density at radius 1 is 0.366 bits per heavy atom. The summed E-state index contributed by atoms with van der Waals surface area (Å²) in [6.07, 6.45) is 26.4. The third-order valence-electron chi connectivity index (χ3n) is 26.4. The molecule has 10 aromatic carbocycles. The third kappa shape index (κ3) is 25.0. The quantitative estimate of drug-likeness (QED) is 0.0320. The van der Waals surface area contributed by atoms with Crippen LogP contribution in [0.5, 0.6) is 0 Å². The Bertz CT molecular complexity index is 7190. The van der Waals surface area contributed by atoms with Crippen LogP contribution in [0, 0.1) is 68.5 Å². The molecule has 0 saturated carbocycles. The summed E-state index contributed by atoms with van der Waals surface area (Å²) in [5.74, 6) is 0.886. The molecule has 5 aliphatic heterocycles. The van der Waals surface area contributed by atoms with Gasteiger partial charge in [0.25, 0.3) is 0 Å². The lowest BCUT2D eigenvalue weighted by molar-refractivity contribution is -0.140. The molecule has 29 nitrogen and oxygen atoms in total. The van der Waals surface area contributed by atoms with Gasteiger partial charge in [0.2, 0.25) is 11.8 Å². The lowest BCUT2D eigenvalue weighted by atomic mass is 9.96. The molecule has 20 rings (SSSR count). The Balaban J connectivity index is 0.000000128. The number of amides is 8. The van der Waals surface area contributed by atoms with Gasteiger partial charge in [-0.3, -0.25) is 34.5 Å². The number of nitrogens with zero attached hydrogens (tertiary/aromatic N) is 14. The van der Waals surface area contributed by atoms with E-state index in [4.69, 9.17) is 27.2 Å². The number of hydrogen-bond acceptors (Lipinski definition) is 21. The van der Waals surface area contributed by atoms with Gasteiger partial charge in [-0.2, -0.15) is 26.3 Å². The molecule has 10 heterocycles. The van der Waals surface area contributed by atoms with Crippen molar-refractivity contribution in [3.05, 3.63) is 302 Å². The van der Waals surface area contributed by atoms with Gasteiger partial charge in [-0.1, -0.05) is 60.7 Å². The third-order valence-corrected chi connectivity index (χ3v) is 26.4. The zero-order valence-electron chi connectivity index (χ0n) is 78.9. The lowest BCUT2D eigenvalue weighted by Gasteiger charge is -2.36. The summed E-state index contributed by atoms with van der Waals surface area (Å²) in [7, 11) is 0. The average molecular weight is 1890 g/mol. The number of urea groups is 3. The first-order chi connectivity index (χ1) is 69.3. The van der Waals surface area contributed by atoms with Gasteiger partial charge in [0.15, 0.2) is 0 Å². The number of carbonyl (C=O) groups excluding carboxylic acids is 5. The molecule has 0 radical (unpaired) electrons. The molecule has 5 aliphatic rings. The van der Waals surface area contributed by atoms with Crippen molar-refractivity contribution in [1.82, 2.24) is 49.8 Å². The van der Waals surface area contributed by atoms with E-state index in [2.05, 4.69) is 148 Å². The van der Waals surface area contributed by atoms with Crippen molar-refractivity contribution < 1.29 is 28.7 Å². The number of aromatic nitrogens is 5. The minimum absolute atomic E-state index is 0.0270. The van der Waals surface area contributed by atoms with Gasteiger partial charge in [0, 0.05) is 221 Å². The molecule has 5 saturated heterocycles. The number of primary amides is 3.